The van der Waals surface area contributed by atoms with Crippen LogP contribution in [0.5, 0.6) is 11.5 Å². The minimum Gasteiger partial charge on any atom is -0.486 e. The van der Waals surface area contributed by atoms with E-state index in [0.29, 0.717) is 31.1 Å². The van der Waals surface area contributed by atoms with Crippen molar-refractivity contribution < 1.29 is 32.2 Å². The number of nitrogens with one attached hydrogen (secondary N) is 3. The van der Waals surface area contributed by atoms with Gasteiger partial charge in [0.1, 0.15) is 19.4 Å². The van der Waals surface area contributed by atoms with Crippen LogP contribution in [0.4, 0.5) is 0 Å². The van der Waals surface area contributed by atoms with Crippen molar-refractivity contribution >= 4 is 32.7 Å². The van der Waals surface area contributed by atoms with Gasteiger partial charge in [-0.15, -0.1) is 0 Å². The Morgan fingerprint density at radius 2 is 1.78 bits per heavy atom. The highest BCUT2D eigenvalue weighted by Gasteiger charge is 2.37. The number of hydrogen-bond acceptors (Lipinski definition) is 7. The molecule has 1 unspecified atom stereocenters. The van der Waals surface area contributed by atoms with Gasteiger partial charge in [0.2, 0.25) is 10.0 Å². The molecular weight excluding hydrogens is 488 g/mol. The van der Waals surface area contributed by atoms with E-state index in [-0.39, 0.29) is 31.1 Å². The van der Waals surface area contributed by atoms with Gasteiger partial charge in [0.25, 0.3) is 0 Å². The Morgan fingerprint density at radius 3 is 2.64 bits per heavy atom. The summed E-state index contributed by atoms with van der Waals surface area (Å²) in [6.45, 7) is 1.13. The van der Waals surface area contributed by atoms with E-state index in [1.807, 2.05) is 30.5 Å². The minimum atomic E-state index is -3.93. The third-order valence-electron chi connectivity index (χ3n) is 6.06. The molecule has 11 nitrogen and oxygen atoms in total. The van der Waals surface area contributed by atoms with Gasteiger partial charge in [-0.05, 0) is 30.2 Å². The van der Waals surface area contributed by atoms with Gasteiger partial charge in [0.05, 0.1) is 18.0 Å². The van der Waals surface area contributed by atoms with Crippen LogP contribution in [0.3, 0.4) is 0 Å². The lowest BCUT2D eigenvalue weighted by Gasteiger charge is -2.24. The maximum atomic E-state index is 13.2. The van der Waals surface area contributed by atoms with Gasteiger partial charge in [-0.2, -0.15) is 4.31 Å². The summed E-state index contributed by atoms with van der Waals surface area (Å²) in [6.07, 6.45) is 1.49. The number of amides is 2. The molecule has 3 heterocycles. The summed E-state index contributed by atoms with van der Waals surface area (Å²) in [7, 11) is -3.93. The number of hydrogen-bond donors (Lipinski definition) is 3. The lowest BCUT2D eigenvalue weighted by molar-refractivity contribution is -0.139. The van der Waals surface area contributed by atoms with Gasteiger partial charge in [-0.1, -0.05) is 18.2 Å². The largest absolute Gasteiger partial charge is 0.486 e. The normalized spacial score (nSPS) is 17.7. The molecule has 2 amide bonds. The quantitative estimate of drug-likeness (QED) is 0.396. The number of aromatic nitrogens is 1. The standard InChI is InChI=1S/C24H26N4O7S/c29-23(25-8-7-16-14-26-19-4-2-1-3-18(16)19)24(30)27-15-22-28(9-10-35-22)36(31,32)17-5-6-20-21(13-17)34-12-11-33-20/h1-6,13-14,22,26H,7-12,15H2,(H,25,29)(H,27,30). The second-order valence-electron chi connectivity index (χ2n) is 8.32. The van der Waals surface area contributed by atoms with E-state index in [1.165, 1.54) is 12.1 Å². The number of rotatable bonds is 7. The van der Waals surface area contributed by atoms with Crippen molar-refractivity contribution in [1.29, 1.82) is 0 Å². The van der Waals surface area contributed by atoms with Crippen molar-refractivity contribution in [2.75, 3.05) is 39.5 Å². The Morgan fingerprint density at radius 1 is 1.00 bits per heavy atom. The van der Waals surface area contributed by atoms with E-state index in [2.05, 4.69) is 15.6 Å². The molecule has 0 spiro atoms. The first-order chi connectivity index (χ1) is 17.4. The first kappa shape index (κ1) is 24.1. The van der Waals surface area contributed by atoms with Crippen molar-refractivity contribution in [3.05, 3.63) is 54.2 Å². The Labute approximate surface area is 207 Å². The SMILES string of the molecule is O=C(NCCc1c[nH]c2ccccc12)C(=O)NCC1OCCN1S(=O)(=O)c1ccc2c(c1)OCCO2. The van der Waals surface area contributed by atoms with Crippen LogP contribution in [0.2, 0.25) is 0 Å². The zero-order valence-corrected chi connectivity index (χ0v) is 20.2. The number of benzene rings is 2. The molecule has 0 bridgehead atoms. The predicted octanol–water partition coefficient (Wildman–Crippen LogP) is 0.761. The summed E-state index contributed by atoms with van der Waals surface area (Å²) < 4.78 is 44.0. The highest BCUT2D eigenvalue weighted by molar-refractivity contribution is 7.89. The number of fused-ring (bicyclic) bond motifs is 2. The zero-order valence-electron chi connectivity index (χ0n) is 19.4. The van der Waals surface area contributed by atoms with Crippen molar-refractivity contribution in [1.82, 2.24) is 19.9 Å². The van der Waals surface area contributed by atoms with Gasteiger partial charge in [0, 0.05) is 36.3 Å². The average molecular weight is 515 g/mol. The molecule has 3 aromatic rings. The summed E-state index contributed by atoms with van der Waals surface area (Å²) in [5.74, 6) is -0.816. The summed E-state index contributed by atoms with van der Waals surface area (Å²) in [5, 5.41) is 6.13. The molecule has 1 saturated heterocycles. The monoisotopic (exact) mass is 514 g/mol. The molecule has 0 radical (unpaired) electrons. The fraction of sp³-hybridized carbons (Fsp3) is 0.333. The molecule has 190 valence electrons. The second-order valence-corrected chi connectivity index (χ2v) is 10.2. The summed E-state index contributed by atoms with van der Waals surface area (Å²) in [5.41, 5.74) is 2.04. The number of carbonyl (C=O) groups is 2. The van der Waals surface area contributed by atoms with E-state index < -0.39 is 28.1 Å². The summed E-state index contributed by atoms with van der Waals surface area (Å²) in [4.78, 5) is 27.8. The highest BCUT2D eigenvalue weighted by atomic mass is 32.2. The molecule has 0 saturated carbocycles. The number of carbonyl (C=O) groups excluding carboxylic acids is 2. The molecule has 1 atom stereocenters. The maximum Gasteiger partial charge on any atom is 0.309 e. The third-order valence-corrected chi connectivity index (χ3v) is 7.95. The van der Waals surface area contributed by atoms with Crippen LogP contribution in [-0.2, 0) is 30.8 Å². The van der Waals surface area contributed by atoms with E-state index in [9.17, 15) is 18.0 Å². The third kappa shape index (κ3) is 4.87. The van der Waals surface area contributed by atoms with Gasteiger partial charge in [-0.3, -0.25) is 9.59 Å². The maximum absolute atomic E-state index is 13.2. The number of aromatic amines is 1. The summed E-state index contributed by atoms with van der Waals surface area (Å²) in [6, 6.07) is 12.2. The number of ether oxygens (including phenoxy) is 3. The van der Waals surface area contributed by atoms with Crippen LogP contribution in [0, 0.1) is 0 Å². The Bertz CT molecular complexity index is 1390. The topological polar surface area (TPSA) is 139 Å². The molecular formula is C24H26N4O7S. The van der Waals surface area contributed by atoms with Crippen LogP contribution in [-0.4, -0.2) is 75.2 Å². The molecule has 0 aliphatic carbocycles. The Kier molecular flexibility index (Phi) is 6.81. The highest BCUT2D eigenvalue weighted by Crippen LogP contribution is 2.34. The van der Waals surface area contributed by atoms with Crippen molar-refractivity contribution in [3.8, 4) is 11.5 Å². The van der Waals surface area contributed by atoms with Gasteiger partial charge in [-0.25, -0.2) is 8.42 Å². The van der Waals surface area contributed by atoms with Crippen LogP contribution in [0.25, 0.3) is 10.9 Å². The Balaban J connectivity index is 1.14. The van der Waals surface area contributed by atoms with E-state index in [4.69, 9.17) is 14.2 Å². The first-order valence-corrected chi connectivity index (χ1v) is 13.0. The fourth-order valence-electron chi connectivity index (χ4n) is 4.25. The number of sulfonamides is 1. The van der Waals surface area contributed by atoms with Crippen molar-refractivity contribution in [2.45, 2.75) is 17.5 Å². The second kappa shape index (κ2) is 10.2. The molecule has 1 aromatic heterocycles. The van der Waals surface area contributed by atoms with Gasteiger partial charge >= 0.3 is 11.8 Å². The number of nitrogens with zero attached hydrogens (tertiary/aromatic N) is 1. The lowest BCUT2D eigenvalue weighted by atomic mass is 10.1. The molecule has 2 aliphatic rings. The van der Waals surface area contributed by atoms with E-state index >= 15 is 0 Å². The zero-order chi connectivity index (χ0) is 25.1. The number of H-pyrrole nitrogens is 1. The summed E-state index contributed by atoms with van der Waals surface area (Å²) >= 11 is 0. The van der Waals surface area contributed by atoms with E-state index in [1.54, 1.807) is 6.07 Å². The van der Waals surface area contributed by atoms with Crippen molar-refractivity contribution in [2.24, 2.45) is 0 Å². The van der Waals surface area contributed by atoms with Crippen molar-refractivity contribution in [3.63, 3.8) is 0 Å². The van der Waals surface area contributed by atoms with Crippen LogP contribution >= 0.6 is 0 Å². The lowest BCUT2D eigenvalue weighted by Crippen LogP contribution is -2.47. The van der Waals surface area contributed by atoms with Gasteiger partial charge < -0.3 is 29.8 Å². The molecule has 1 fully saturated rings. The number of para-hydroxylation sites is 1. The molecule has 5 rings (SSSR count). The molecule has 36 heavy (non-hydrogen) atoms. The first-order valence-electron chi connectivity index (χ1n) is 11.6. The smallest absolute Gasteiger partial charge is 0.309 e. The molecule has 12 heteroatoms. The molecule has 2 aromatic carbocycles. The minimum absolute atomic E-state index is 0.0311. The van der Waals surface area contributed by atoms with E-state index in [0.717, 1.165) is 20.8 Å². The fourth-order valence-corrected chi connectivity index (χ4v) is 5.78. The Hall–Kier alpha value is -3.61. The molecule has 2 aliphatic heterocycles. The van der Waals surface area contributed by atoms with Crippen LogP contribution in [0.1, 0.15) is 5.56 Å². The molecule has 3 N–H and O–H groups in total. The van der Waals surface area contributed by atoms with Crippen LogP contribution < -0.4 is 20.1 Å². The average Bonchev–Trinajstić information content (AvgIpc) is 3.54. The van der Waals surface area contributed by atoms with Gasteiger partial charge in [0.15, 0.2) is 11.5 Å². The predicted molar refractivity (Wildman–Crippen MR) is 129 cm³/mol. The van der Waals surface area contributed by atoms with Crippen LogP contribution in [0.15, 0.2) is 53.6 Å².